The number of benzene rings is 1. The zero-order valence-corrected chi connectivity index (χ0v) is 17.0. The third kappa shape index (κ3) is 3.46. The van der Waals surface area contributed by atoms with E-state index in [0.717, 1.165) is 33.6 Å². The number of rotatable bonds is 6. The molecule has 27 heavy (non-hydrogen) atoms. The summed E-state index contributed by atoms with van der Waals surface area (Å²) in [6.07, 6.45) is 2.39. The molecule has 1 saturated carbocycles. The summed E-state index contributed by atoms with van der Waals surface area (Å²) in [7, 11) is 1.99. The van der Waals surface area contributed by atoms with Crippen LogP contribution in [-0.2, 0) is 7.05 Å². The van der Waals surface area contributed by atoms with E-state index >= 15 is 0 Å². The number of aryl methyl sites for hydroxylation is 2. The van der Waals surface area contributed by atoms with Crippen LogP contribution in [0.25, 0.3) is 5.69 Å². The minimum Gasteiger partial charge on any atom is -0.318 e. The lowest BCUT2D eigenvalue weighted by atomic mass is 10.2. The Morgan fingerprint density at radius 2 is 1.85 bits per heavy atom. The smallest absolute Gasteiger partial charge is 0.191 e. The summed E-state index contributed by atoms with van der Waals surface area (Å²) in [6.45, 7) is 6.13. The first kappa shape index (κ1) is 18.0. The second kappa shape index (κ2) is 7.00. The lowest BCUT2D eigenvalue weighted by Crippen LogP contribution is -2.06. The van der Waals surface area contributed by atoms with Crippen LogP contribution in [0.3, 0.4) is 0 Å². The zero-order chi connectivity index (χ0) is 19.1. The van der Waals surface area contributed by atoms with Crippen LogP contribution in [-0.4, -0.2) is 30.9 Å². The highest BCUT2D eigenvalue weighted by atomic mass is 32.2. The lowest BCUT2D eigenvalue weighted by molar-refractivity contribution is 0.102. The van der Waals surface area contributed by atoms with Crippen LogP contribution in [0.2, 0.25) is 0 Å². The highest BCUT2D eigenvalue weighted by Gasteiger charge is 2.29. The molecule has 0 aliphatic heterocycles. The van der Waals surface area contributed by atoms with E-state index in [4.69, 9.17) is 0 Å². The molecule has 2 aromatic heterocycles. The van der Waals surface area contributed by atoms with Gasteiger partial charge in [0.05, 0.1) is 5.75 Å². The average molecular weight is 381 g/mol. The monoisotopic (exact) mass is 380 g/mol. The Labute approximate surface area is 163 Å². The Morgan fingerprint density at radius 3 is 2.52 bits per heavy atom. The molecule has 0 radical (unpaired) electrons. The van der Waals surface area contributed by atoms with E-state index in [-0.39, 0.29) is 5.78 Å². The normalized spacial score (nSPS) is 13.9. The molecule has 6 heteroatoms. The van der Waals surface area contributed by atoms with Gasteiger partial charge in [0, 0.05) is 35.6 Å². The molecule has 0 amide bonds. The SMILES string of the molecule is Cc1ccc(-n2c(C)cc(C(=O)CSc3nnc(C4CC4)n3C)c2C)cc1. The van der Waals surface area contributed by atoms with E-state index in [0.29, 0.717) is 11.7 Å². The van der Waals surface area contributed by atoms with Gasteiger partial charge >= 0.3 is 0 Å². The number of carbonyl (C=O) groups excluding carboxylic acids is 1. The van der Waals surface area contributed by atoms with E-state index in [1.54, 1.807) is 0 Å². The molecule has 0 bridgehead atoms. The van der Waals surface area contributed by atoms with Gasteiger partial charge in [0.2, 0.25) is 0 Å². The predicted octanol–water partition coefficient (Wildman–Crippen LogP) is 4.38. The fraction of sp³-hybridized carbons (Fsp3) is 0.381. The summed E-state index contributed by atoms with van der Waals surface area (Å²) in [5, 5.41) is 9.37. The van der Waals surface area contributed by atoms with Crippen LogP contribution in [0, 0.1) is 20.8 Å². The van der Waals surface area contributed by atoms with Gasteiger partial charge in [0.15, 0.2) is 10.9 Å². The number of carbonyl (C=O) groups is 1. The first-order chi connectivity index (χ1) is 13.0. The van der Waals surface area contributed by atoms with Crippen LogP contribution >= 0.6 is 11.8 Å². The van der Waals surface area contributed by atoms with E-state index in [2.05, 4.69) is 46.0 Å². The fourth-order valence-electron chi connectivity index (χ4n) is 3.49. The van der Waals surface area contributed by atoms with E-state index < -0.39 is 0 Å². The number of aromatic nitrogens is 4. The number of nitrogens with zero attached hydrogens (tertiary/aromatic N) is 4. The third-order valence-corrected chi connectivity index (χ3v) is 6.19. The first-order valence-electron chi connectivity index (χ1n) is 9.27. The van der Waals surface area contributed by atoms with Crippen LogP contribution < -0.4 is 0 Å². The van der Waals surface area contributed by atoms with Gasteiger partial charge < -0.3 is 9.13 Å². The van der Waals surface area contributed by atoms with E-state index in [1.807, 2.05) is 31.5 Å². The predicted molar refractivity (Wildman–Crippen MR) is 108 cm³/mol. The standard InChI is InChI=1S/C21H24N4OS/c1-13-5-9-17(10-6-13)25-14(2)11-18(15(25)3)19(26)12-27-21-23-22-20(24(21)4)16-7-8-16/h5-6,9-11,16H,7-8,12H2,1-4H3. The molecule has 1 aliphatic rings. The van der Waals surface area contributed by atoms with Gasteiger partial charge in [-0.3, -0.25) is 4.79 Å². The molecule has 0 saturated heterocycles. The molecular formula is C21H24N4OS. The maximum atomic E-state index is 12.9. The maximum Gasteiger partial charge on any atom is 0.191 e. The van der Waals surface area contributed by atoms with Crippen molar-refractivity contribution < 1.29 is 4.79 Å². The molecule has 5 nitrogen and oxygen atoms in total. The Bertz CT molecular complexity index is 996. The molecule has 2 heterocycles. The lowest BCUT2D eigenvalue weighted by Gasteiger charge is -2.10. The van der Waals surface area contributed by atoms with Gasteiger partial charge in [-0.15, -0.1) is 10.2 Å². The number of thioether (sulfide) groups is 1. The van der Waals surface area contributed by atoms with Crippen molar-refractivity contribution in [2.75, 3.05) is 5.75 Å². The van der Waals surface area contributed by atoms with Gasteiger partial charge in [-0.1, -0.05) is 29.5 Å². The van der Waals surface area contributed by atoms with Crippen LogP contribution in [0.1, 0.15) is 51.9 Å². The van der Waals surface area contributed by atoms with Crippen molar-refractivity contribution in [3.05, 3.63) is 58.7 Å². The molecule has 1 aliphatic carbocycles. The van der Waals surface area contributed by atoms with Crippen molar-refractivity contribution in [2.24, 2.45) is 7.05 Å². The second-order valence-electron chi connectivity index (χ2n) is 7.34. The molecule has 0 unspecified atom stereocenters. The molecular weight excluding hydrogens is 356 g/mol. The van der Waals surface area contributed by atoms with Crippen molar-refractivity contribution in [3.8, 4) is 5.69 Å². The average Bonchev–Trinajstić information content (AvgIpc) is 3.36. The highest BCUT2D eigenvalue weighted by molar-refractivity contribution is 7.99. The molecule has 0 spiro atoms. The van der Waals surface area contributed by atoms with Crippen molar-refractivity contribution in [1.82, 2.24) is 19.3 Å². The second-order valence-corrected chi connectivity index (χ2v) is 8.28. The van der Waals surface area contributed by atoms with Gasteiger partial charge in [-0.05, 0) is 51.8 Å². The number of Topliss-reactive ketones (excluding diaryl/α,β-unsaturated/α-hetero) is 1. The van der Waals surface area contributed by atoms with Crippen molar-refractivity contribution in [1.29, 1.82) is 0 Å². The molecule has 0 atom stereocenters. The van der Waals surface area contributed by atoms with Gasteiger partial charge in [-0.2, -0.15) is 0 Å². The molecule has 1 aromatic carbocycles. The fourth-order valence-corrected chi connectivity index (χ4v) is 4.29. The Morgan fingerprint density at radius 1 is 1.15 bits per heavy atom. The van der Waals surface area contributed by atoms with E-state index in [9.17, 15) is 4.79 Å². The molecule has 140 valence electrons. The number of hydrogen-bond acceptors (Lipinski definition) is 4. The number of hydrogen-bond donors (Lipinski definition) is 0. The van der Waals surface area contributed by atoms with Crippen LogP contribution in [0.5, 0.6) is 0 Å². The summed E-state index contributed by atoms with van der Waals surface area (Å²) in [4.78, 5) is 12.9. The van der Waals surface area contributed by atoms with Crippen molar-refractivity contribution >= 4 is 17.5 Å². The van der Waals surface area contributed by atoms with Gasteiger partial charge in [-0.25, -0.2) is 0 Å². The maximum absolute atomic E-state index is 12.9. The summed E-state index contributed by atoms with van der Waals surface area (Å²) >= 11 is 1.47. The molecule has 4 rings (SSSR count). The molecule has 0 N–H and O–H groups in total. The largest absolute Gasteiger partial charge is 0.318 e. The zero-order valence-electron chi connectivity index (χ0n) is 16.2. The quantitative estimate of drug-likeness (QED) is 0.470. The highest BCUT2D eigenvalue weighted by Crippen LogP contribution is 2.39. The summed E-state index contributed by atoms with van der Waals surface area (Å²) in [6, 6.07) is 10.4. The van der Waals surface area contributed by atoms with Crippen molar-refractivity contribution in [2.45, 2.75) is 44.7 Å². The van der Waals surface area contributed by atoms with Gasteiger partial charge in [0.25, 0.3) is 0 Å². The molecule has 1 fully saturated rings. The van der Waals surface area contributed by atoms with Crippen molar-refractivity contribution in [3.63, 3.8) is 0 Å². The van der Waals surface area contributed by atoms with E-state index in [1.165, 1.54) is 30.2 Å². The minimum absolute atomic E-state index is 0.127. The third-order valence-electron chi connectivity index (χ3n) is 5.17. The topological polar surface area (TPSA) is 52.7 Å². The summed E-state index contributed by atoms with van der Waals surface area (Å²) in [5.74, 6) is 2.10. The van der Waals surface area contributed by atoms with Gasteiger partial charge in [0.1, 0.15) is 5.82 Å². The summed E-state index contributed by atoms with van der Waals surface area (Å²) in [5.41, 5.74) is 5.15. The first-order valence-corrected chi connectivity index (χ1v) is 10.3. The number of ketones is 1. The van der Waals surface area contributed by atoms with Crippen LogP contribution in [0.4, 0.5) is 0 Å². The molecule has 3 aromatic rings. The minimum atomic E-state index is 0.127. The Hall–Kier alpha value is -2.34. The summed E-state index contributed by atoms with van der Waals surface area (Å²) < 4.78 is 4.18. The van der Waals surface area contributed by atoms with Crippen LogP contribution in [0.15, 0.2) is 35.5 Å². The Kier molecular flexibility index (Phi) is 4.68. The Balaban J connectivity index is 1.52.